The molecule has 17 heavy (non-hydrogen) atoms. The molecule has 0 fully saturated rings. The minimum Gasteiger partial charge on any atom is -0.0901 e. The van der Waals surface area contributed by atoms with Gasteiger partial charge in [-0.2, -0.15) is 0 Å². The molecule has 0 radical (unpaired) electrons. The molecule has 3 heteroatoms. The van der Waals surface area contributed by atoms with Crippen molar-refractivity contribution in [3.63, 3.8) is 0 Å². The molecule has 0 amide bonds. The van der Waals surface area contributed by atoms with Gasteiger partial charge in [0.1, 0.15) is 0 Å². The molecular formula is C14H12ClIS. The number of aryl methyl sites for hydroxylation is 1. The van der Waals surface area contributed by atoms with E-state index in [1.807, 2.05) is 24.3 Å². The summed E-state index contributed by atoms with van der Waals surface area (Å²) in [6, 6.07) is 14.6. The maximum absolute atomic E-state index is 5.87. The molecular weight excluding hydrogens is 363 g/mol. The predicted molar refractivity (Wildman–Crippen MR) is 84.1 cm³/mol. The summed E-state index contributed by atoms with van der Waals surface area (Å²) in [6.07, 6.45) is 1.09. The maximum Gasteiger partial charge on any atom is 0.0406 e. The van der Waals surface area contributed by atoms with Gasteiger partial charge < -0.3 is 0 Å². The third kappa shape index (κ3) is 3.63. The summed E-state index contributed by atoms with van der Waals surface area (Å²) in [4.78, 5) is 2.49. The van der Waals surface area contributed by atoms with Crippen molar-refractivity contribution < 1.29 is 0 Å². The van der Waals surface area contributed by atoms with Gasteiger partial charge in [0.15, 0.2) is 0 Å². The summed E-state index contributed by atoms with van der Waals surface area (Å²) < 4.78 is 1.34. The molecule has 0 heterocycles. The van der Waals surface area contributed by atoms with Crippen LogP contribution < -0.4 is 0 Å². The van der Waals surface area contributed by atoms with E-state index >= 15 is 0 Å². The summed E-state index contributed by atoms with van der Waals surface area (Å²) in [5, 5.41) is 0.783. The van der Waals surface area contributed by atoms with E-state index in [-0.39, 0.29) is 0 Å². The standard InChI is InChI=1S/C14H12ClIS/c1-2-10-3-6-13(9-14(10)16)17-12-7-4-11(15)5-8-12/h3-9H,2H2,1H3. The van der Waals surface area contributed by atoms with E-state index in [0.717, 1.165) is 11.4 Å². The fraction of sp³-hybridized carbons (Fsp3) is 0.143. The highest BCUT2D eigenvalue weighted by Gasteiger charge is 2.01. The van der Waals surface area contributed by atoms with Gasteiger partial charge in [0.2, 0.25) is 0 Å². The lowest BCUT2D eigenvalue weighted by molar-refractivity contribution is 1.11. The normalized spacial score (nSPS) is 10.5. The van der Waals surface area contributed by atoms with Crippen LogP contribution in [0.5, 0.6) is 0 Å². The molecule has 0 bridgehead atoms. The van der Waals surface area contributed by atoms with Crippen LogP contribution in [0.25, 0.3) is 0 Å². The predicted octanol–water partition coefficient (Wildman–Crippen LogP) is 5.66. The minimum atomic E-state index is 0.783. The molecule has 0 atom stereocenters. The zero-order valence-electron chi connectivity index (χ0n) is 9.41. The van der Waals surface area contributed by atoms with Gasteiger partial charge in [-0.25, -0.2) is 0 Å². The Labute approximate surface area is 125 Å². The van der Waals surface area contributed by atoms with Gasteiger partial charge in [0.25, 0.3) is 0 Å². The Balaban J connectivity index is 2.19. The molecule has 0 saturated carbocycles. The van der Waals surface area contributed by atoms with Crippen molar-refractivity contribution in [3.05, 3.63) is 56.6 Å². The summed E-state index contributed by atoms with van der Waals surface area (Å²) in [6.45, 7) is 2.18. The first-order valence-electron chi connectivity index (χ1n) is 5.41. The lowest BCUT2D eigenvalue weighted by atomic mass is 10.2. The molecule has 0 aliphatic carbocycles. The number of halogens is 2. The Morgan fingerprint density at radius 3 is 2.29 bits per heavy atom. The smallest absolute Gasteiger partial charge is 0.0406 e. The molecule has 2 aromatic carbocycles. The van der Waals surface area contributed by atoms with Crippen LogP contribution in [0.3, 0.4) is 0 Å². The van der Waals surface area contributed by atoms with Crippen LogP contribution >= 0.6 is 46.0 Å². The van der Waals surface area contributed by atoms with Crippen LogP contribution in [0.4, 0.5) is 0 Å². The number of hydrogen-bond donors (Lipinski definition) is 0. The van der Waals surface area contributed by atoms with E-state index in [0.29, 0.717) is 0 Å². The van der Waals surface area contributed by atoms with E-state index in [4.69, 9.17) is 11.6 Å². The maximum atomic E-state index is 5.87. The van der Waals surface area contributed by atoms with Crippen LogP contribution in [0.2, 0.25) is 5.02 Å². The highest BCUT2D eigenvalue weighted by atomic mass is 127. The summed E-state index contributed by atoms with van der Waals surface area (Å²) in [5.41, 5.74) is 1.41. The van der Waals surface area contributed by atoms with Gasteiger partial charge in [0, 0.05) is 18.4 Å². The number of rotatable bonds is 3. The van der Waals surface area contributed by atoms with Crippen molar-refractivity contribution in [1.82, 2.24) is 0 Å². The first-order valence-corrected chi connectivity index (χ1v) is 7.68. The summed E-state index contributed by atoms with van der Waals surface area (Å²) in [7, 11) is 0. The van der Waals surface area contributed by atoms with Crippen molar-refractivity contribution in [2.24, 2.45) is 0 Å². The van der Waals surface area contributed by atoms with Gasteiger partial charge >= 0.3 is 0 Å². The van der Waals surface area contributed by atoms with Gasteiger partial charge in [-0.3, -0.25) is 0 Å². The summed E-state index contributed by atoms with van der Waals surface area (Å²) in [5.74, 6) is 0. The first kappa shape index (κ1) is 13.2. The van der Waals surface area contributed by atoms with Crippen LogP contribution in [0.15, 0.2) is 52.3 Å². The second-order valence-corrected chi connectivity index (χ2v) is 6.41. The average molecular weight is 375 g/mol. The number of hydrogen-bond acceptors (Lipinski definition) is 1. The zero-order chi connectivity index (χ0) is 12.3. The van der Waals surface area contributed by atoms with E-state index in [1.54, 1.807) is 11.8 Å². The van der Waals surface area contributed by atoms with E-state index in [2.05, 4.69) is 47.7 Å². The van der Waals surface area contributed by atoms with Crippen molar-refractivity contribution in [3.8, 4) is 0 Å². The van der Waals surface area contributed by atoms with E-state index < -0.39 is 0 Å². The van der Waals surface area contributed by atoms with Gasteiger partial charge in [-0.15, -0.1) is 0 Å². The van der Waals surface area contributed by atoms with Crippen molar-refractivity contribution in [2.75, 3.05) is 0 Å². The van der Waals surface area contributed by atoms with Crippen LogP contribution in [-0.2, 0) is 6.42 Å². The van der Waals surface area contributed by atoms with E-state index in [9.17, 15) is 0 Å². The molecule has 0 unspecified atom stereocenters. The van der Waals surface area contributed by atoms with Crippen molar-refractivity contribution in [1.29, 1.82) is 0 Å². The quantitative estimate of drug-likeness (QED) is 0.625. The molecule has 0 spiro atoms. The van der Waals surface area contributed by atoms with Crippen LogP contribution in [0, 0.1) is 3.57 Å². The fourth-order valence-corrected chi connectivity index (χ4v) is 3.61. The Kier molecular flexibility index (Phi) is 4.77. The molecule has 0 N–H and O–H groups in total. The topological polar surface area (TPSA) is 0 Å². The van der Waals surface area contributed by atoms with Gasteiger partial charge in [-0.1, -0.05) is 36.4 Å². The number of benzene rings is 2. The molecule has 2 rings (SSSR count). The Morgan fingerprint density at radius 1 is 1.06 bits per heavy atom. The highest BCUT2D eigenvalue weighted by molar-refractivity contribution is 14.1. The molecule has 0 aromatic heterocycles. The SMILES string of the molecule is CCc1ccc(Sc2ccc(Cl)cc2)cc1I. The van der Waals surface area contributed by atoms with Gasteiger partial charge in [-0.05, 0) is 71.0 Å². The minimum absolute atomic E-state index is 0.783. The van der Waals surface area contributed by atoms with Crippen LogP contribution in [0.1, 0.15) is 12.5 Å². The largest absolute Gasteiger partial charge is 0.0901 e. The lowest BCUT2D eigenvalue weighted by Gasteiger charge is -2.05. The van der Waals surface area contributed by atoms with Crippen molar-refractivity contribution >= 4 is 46.0 Å². The zero-order valence-corrected chi connectivity index (χ0v) is 13.1. The Hall–Kier alpha value is -0.190. The second kappa shape index (κ2) is 6.12. The Bertz CT molecular complexity index is 508. The molecule has 2 aromatic rings. The van der Waals surface area contributed by atoms with Crippen molar-refractivity contribution in [2.45, 2.75) is 23.1 Å². The highest BCUT2D eigenvalue weighted by Crippen LogP contribution is 2.30. The molecule has 0 nitrogen and oxygen atoms in total. The van der Waals surface area contributed by atoms with Gasteiger partial charge in [0.05, 0.1) is 0 Å². The Morgan fingerprint density at radius 2 is 1.71 bits per heavy atom. The van der Waals surface area contributed by atoms with Crippen LogP contribution in [-0.4, -0.2) is 0 Å². The lowest BCUT2D eigenvalue weighted by Crippen LogP contribution is -1.85. The monoisotopic (exact) mass is 374 g/mol. The summed E-state index contributed by atoms with van der Waals surface area (Å²) >= 11 is 10.0. The molecule has 0 aliphatic heterocycles. The molecule has 0 saturated heterocycles. The third-order valence-corrected chi connectivity index (χ3v) is 4.71. The molecule has 88 valence electrons. The second-order valence-electron chi connectivity index (χ2n) is 3.66. The molecule has 0 aliphatic rings. The first-order chi connectivity index (χ1) is 8.19. The van der Waals surface area contributed by atoms with E-state index in [1.165, 1.54) is 18.9 Å². The third-order valence-electron chi connectivity index (χ3n) is 2.45. The fourth-order valence-electron chi connectivity index (χ4n) is 1.52. The average Bonchev–Trinajstić information content (AvgIpc) is 2.32.